The summed E-state index contributed by atoms with van der Waals surface area (Å²) in [5.74, 6) is 1.45. The van der Waals surface area contributed by atoms with Gasteiger partial charge in [-0.3, -0.25) is 4.21 Å². The van der Waals surface area contributed by atoms with Gasteiger partial charge >= 0.3 is 0 Å². The summed E-state index contributed by atoms with van der Waals surface area (Å²) in [5.41, 5.74) is 2.35. The van der Waals surface area contributed by atoms with E-state index in [1.165, 1.54) is 37.7 Å². The molecule has 1 N–H and O–H groups in total. The van der Waals surface area contributed by atoms with Gasteiger partial charge in [0.25, 0.3) is 0 Å². The smallest absolute Gasteiger partial charge is 0.0548 e. The highest BCUT2D eigenvalue weighted by Gasteiger charge is 2.25. The van der Waals surface area contributed by atoms with Crippen molar-refractivity contribution in [2.45, 2.75) is 63.8 Å². The van der Waals surface area contributed by atoms with Crippen LogP contribution in [0.1, 0.15) is 50.2 Å². The average molecular weight is 308 g/mol. The van der Waals surface area contributed by atoms with Crippen LogP contribution in [0.2, 0.25) is 0 Å². The zero-order chi connectivity index (χ0) is 15.2. The summed E-state index contributed by atoms with van der Waals surface area (Å²) >= 11 is 0. The molecule has 0 aliphatic heterocycles. The molecule has 2 unspecified atom stereocenters. The lowest BCUT2D eigenvalue weighted by atomic mass is 9.84. The van der Waals surface area contributed by atoms with Crippen LogP contribution in [0.25, 0.3) is 0 Å². The lowest BCUT2D eigenvalue weighted by Crippen LogP contribution is -2.41. The summed E-state index contributed by atoms with van der Waals surface area (Å²) in [6.45, 7) is 7.25. The molecule has 1 fully saturated rings. The van der Waals surface area contributed by atoms with Crippen molar-refractivity contribution in [3.05, 3.63) is 29.3 Å². The minimum absolute atomic E-state index is 0.399. The third-order valence-corrected chi connectivity index (χ3v) is 6.20. The van der Waals surface area contributed by atoms with Gasteiger partial charge in [-0.2, -0.15) is 0 Å². The molecule has 0 heterocycles. The first-order valence-corrected chi connectivity index (χ1v) is 9.62. The fraction of sp³-hybridized carbons (Fsp3) is 0.667. The van der Waals surface area contributed by atoms with E-state index in [0.29, 0.717) is 12.0 Å². The van der Waals surface area contributed by atoms with Gasteiger partial charge in [0.05, 0.1) is 10.8 Å². The molecule has 0 saturated heterocycles. The first-order valence-electron chi connectivity index (χ1n) is 8.30. The highest BCUT2D eigenvalue weighted by Crippen LogP contribution is 2.28. The van der Waals surface area contributed by atoms with Crippen LogP contribution in [0, 0.1) is 19.8 Å². The molecule has 2 atom stereocenters. The number of rotatable bonds is 6. The molecule has 0 radical (unpaired) electrons. The van der Waals surface area contributed by atoms with Crippen molar-refractivity contribution in [2.75, 3.05) is 12.3 Å². The fourth-order valence-electron chi connectivity index (χ4n) is 3.37. The second-order valence-corrected chi connectivity index (χ2v) is 7.81. The quantitative estimate of drug-likeness (QED) is 0.861. The van der Waals surface area contributed by atoms with Crippen LogP contribution in [0.15, 0.2) is 23.1 Å². The van der Waals surface area contributed by atoms with Gasteiger partial charge in [0.1, 0.15) is 0 Å². The van der Waals surface area contributed by atoms with E-state index in [9.17, 15) is 4.21 Å². The Hall–Kier alpha value is -0.670. The number of hydrogen-bond donors (Lipinski definition) is 1. The molecule has 3 heteroatoms. The van der Waals surface area contributed by atoms with Crippen LogP contribution in [0.5, 0.6) is 0 Å². The van der Waals surface area contributed by atoms with Crippen molar-refractivity contribution in [3.63, 3.8) is 0 Å². The predicted octanol–water partition coefficient (Wildman–Crippen LogP) is 3.97. The molecule has 1 aromatic carbocycles. The monoisotopic (exact) mass is 307 g/mol. The van der Waals surface area contributed by atoms with E-state index in [4.69, 9.17) is 0 Å². The van der Waals surface area contributed by atoms with Gasteiger partial charge < -0.3 is 5.32 Å². The van der Waals surface area contributed by atoms with Crippen LogP contribution < -0.4 is 5.32 Å². The molecule has 2 nitrogen and oxygen atoms in total. The summed E-state index contributed by atoms with van der Waals surface area (Å²) in [6, 6.07) is 6.68. The minimum atomic E-state index is -0.901. The molecular weight excluding hydrogens is 278 g/mol. The Labute approximate surface area is 132 Å². The van der Waals surface area contributed by atoms with Crippen molar-refractivity contribution in [3.8, 4) is 0 Å². The molecule has 21 heavy (non-hydrogen) atoms. The van der Waals surface area contributed by atoms with Gasteiger partial charge in [-0.1, -0.05) is 38.3 Å². The molecule has 118 valence electrons. The van der Waals surface area contributed by atoms with Crippen LogP contribution >= 0.6 is 0 Å². The maximum atomic E-state index is 12.8. The van der Waals surface area contributed by atoms with Gasteiger partial charge in [0, 0.05) is 16.7 Å². The van der Waals surface area contributed by atoms with E-state index >= 15 is 0 Å². The Bertz CT molecular complexity index is 480. The summed E-state index contributed by atoms with van der Waals surface area (Å²) in [7, 11) is -0.901. The van der Waals surface area contributed by atoms with Gasteiger partial charge in [-0.15, -0.1) is 0 Å². The Morgan fingerprint density at radius 3 is 2.62 bits per heavy atom. The van der Waals surface area contributed by atoms with Crippen LogP contribution in [0.4, 0.5) is 0 Å². The van der Waals surface area contributed by atoms with E-state index in [1.807, 2.05) is 0 Å². The lowest BCUT2D eigenvalue weighted by Gasteiger charge is -2.30. The zero-order valence-corrected chi connectivity index (χ0v) is 14.5. The van der Waals surface area contributed by atoms with Gasteiger partial charge in [0.15, 0.2) is 0 Å². The van der Waals surface area contributed by atoms with Crippen molar-refractivity contribution in [1.82, 2.24) is 5.32 Å². The molecule has 1 saturated carbocycles. The highest BCUT2D eigenvalue weighted by atomic mass is 32.2. The molecule has 1 aromatic rings. The van der Waals surface area contributed by atoms with Crippen LogP contribution in [0.3, 0.4) is 0 Å². The van der Waals surface area contributed by atoms with E-state index in [2.05, 4.69) is 44.3 Å². The molecule has 1 aliphatic rings. The first kappa shape index (κ1) is 16.7. The molecular formula is C18H29NOS. The SMILES string of the molecule is CCNC(CS(=O)c1cc(C)ccc1C)C1CCCCC1. The minimum Gasteiger partial charge on any atom is -0.313 e. The van der Waals surface area contributed by atoms with E-state index in [1.54, 1.807) is 0 Å². The van der Waals surface area contributed by atoms with Gasteiger partial charge in [0.2, 0.25) is 0 Å². The van der Waals surface area contributed by atoms with Gasteiger partial charge in [-0.25, -0.2) is 0 Å². The fourth-order valence-corrected chi connectivity index (χ4v) is 5.01. The summed E-state index contributed by atoms with van der Waals surface area (Å²) in [4.78, 5) is 1.02. The summed E-state index contributed by atoms with van der Waals surface area (Å²) in [6.07, 6.45) is 6.63. The molecule has 0 bridgehead atoms. The Morgan fingerprint density at radius 2 is 1.95 bits per heavy atom. The topological polar surface area (TPSA) is 29.1 Å². The van der Waals surface area contributed by atoms with Crippen LogP contribution in [-0.2, 0) is 10.8 Å². The number of hydrogen-bond acceptors (Lipinski definition) is 2. The molecule has 0 aromatic heterocycles. The van der Waals surface area contributed by atoms with E-state index in [-0.39, 0.29) is 0 Å². The van der Waals surface area contributed by atoms with Crippen LogP contribution in [-0.4, -0.2) is 22.5 Å². The second kappa shape index (κ2) is 8.09. The average Bonchev–Trinajstić information content (AvgIpc) is 2.50. The second-order valence-electron chi connectivity index (χ2n) is 6.34. The van der Waals surface area contributed by atoms with E-state index < -0.39 is 10.8 Å². The Morgan fingerprint density at radius 1 is 1.24 bits per heavy atom. The highest BCUT2D eigenvalue weighted by molar-refractivity contribution is 7.85. The standard InChI is InChI=1S/C18H29NOS/c1-4-19-17(16-8-6-5-7-9-16)13-21(20)18-12-14(2)10-11-15(18)3/h10-12,16-17,19H,4-9,13H2,1-3H3. The maximum Gasteiger partial charge on any atom is 0.0548 e. The Balaban J connectivity index is 2.08. The maximum absolute atomic E-state index is 12.8. The number of benzene rings is 1. The van der Waals surface area contributed by atoms with Crippen molar-refractivity contribution < 1.29 is 4.21 Å². The van der Waals surface area contributed by atoms with Gasteiger partial charge in [-0.05, 0) is 56.3 Å². The summed E-state index contributed by atoms with van der Waals surface area (Å²) in [5, 5.41) is 3.59. The van der Waals surface area contributed by atoms with Crippen molar-refractivity contribution in [1.29, 1.82) is 0 Å². The van der Waals surface area contributed by atoms with Crippen molar-refractivity contribution >= 4 is 10.8 Å². The molecule has 0 amide bonds. The first-order chi connectivity index (χ1) is 10.1. The third kappa shape index (κ3) is 4.65. The number of aryl methyl sites for hydroxylation is 2. The predicted molar refractivity (Wildman–Crippen MR) is 91.2 cm³/mol. The molecule has 2 rings (SSSR count). The normalized spacial score (nSPS) is 19.4. The third-order valence-electron chi connectivity index (χ3n) is 4.61. The zero-order valence-electron chi connectivity index (χ0n) is 13.7. The summed E-state index contributed by atoms with van der Waals surface area (Å²) < 4.78 is 12.8. The van der Waals surface area contributed by atoms with Crippen molar-refractivity contribution in [2.24, 2.45) is 5.92 Å². The number of nitrogens with one attached hydrogen (secondary N) is 1. The molecule has 0 spiro atoms. The Kier molecular flexibility index (Phi) is 6.43. The molecule has 1 aliphatic carbocycles. The van der Waals surface area contributed by atoms with E-state index in [0.717, 1.165) is 22.8 Å². The largest absolute Gasteiger partial charge is 0.313 e. The lowest BCUT2D eigenvalue weighted by molar-refractivity contribution is 0.287.